The minimum Gasteiger partial charge on any atom is -0.480 e. The predicted octanol–water partition coefficient (Wildman–Crippen LogP) is 1.28. The third-order valence-electron chi connectivity index (χ3n) is 5.71. The molecule has 0 bridgehead atoms. The van der Waals surface area contributed by atoms with E-state index < -0.39 is 12.6 Å². The van der Waals surface area contributed by atoms with Crippen molar-refractivity contribution in [1.82, 2.24) is 10.2 Å². The lowest BCUT2D eigenvalue weighted by atomic mass is 9.88. The number of carboxylic acid groups (broad SMARTS) is 1. The van der Waals surface area contributed by atoms with Crippen LogP contribution in [0.3, 0.4) is 0 Å². The second-order valence-electron chi connectivity index (χ2n) is 7.51. The molecule has 1 aromatic rings. The van der Waals surface area contributed by atoms with E-state index in [2.05, 4.69) is 12.2 Å². The molecular weight excluding hydrogens is 348 g/mol. The summed E-state index contributed by atoms with van der Waals surface area (Å²) in [6, 6.07) is 10.2. The van der Waals surface area contributed by atoms with Crippen LogP contribution in [0, 0.1) is 17.8 Å². The van der Waals surface area contributed by atoms with Crippen molar-refractivity contribution in [1.29, 1.82) is 0 Å². The summed E-state index contributed by atoms with van der Waals surface area (Å²) in [5, 5.41) is 11.4. The molecule has 1 heterocycles. The number of rotatable bonds is 8. The number of carbonyl (C=O) groups is 3. The smallest absolute Gasteiger partial charge is 0.329 e. The van der Waals surface area contributed by atoms with Gasteiger partial charge in [-0.3, -0.25) is 9.59 Å². The molecule has 1 aliphatic heterocycles. The molecule has 146 valence electrons. The van der Waals surface area contributed by atoms with Crippen LogP contribution >= 0.6 is 0 Å². The first-order chi connectivity index (χ1) is 13.0. The maximum Gasteiger partial charge on any atom is 0.329 e. The van der Waals surface area contributed by atoms with Gasteiger partial charge in [-0.05, 0) is 29.7 Å². The minimum atomic E-state index is -1.10. The molecule has 0 spiro atoms. The number of ether oxygens (including phenoxy) is 1. The number of amides is 2. The van der Waals surface area contributed by atoms with Gasteiger partial charge in [-0.15, -0.1) is 0 Å². The Hall–Kier alpha value is -2.41. The van der Waals surface area contributed by atoms with Crippen LogP contribution in [0.4, 0.5) is 0 Å². The lowest BCUT2D eigenvalue weighted by Gasteiger charge is -2.24. The van der Waals surface area contributed by atoms with Crippen LogP contribution < -0.4 is 5.32 Å². The predicted molar refractivity (Wildman–Crippen MR) is 97.6 cm³/mol. The molecule has 1 aliphatic carbocycles. The third-order valence-corrected chi connectivity index (χ3v) is 5.71. The van der Waals surface area contributed by atoms with E-state index >= 15 is 0 Å². The van der Waals surface area contributed by atoms with E-state index in [1.807, 2.05) is 35.2 Å². The summed E-state index contributed by atoms with van der Waals surface area (Å²) in [4.78, 5) is 36.8. The average Bonchev–Trinajstić information content (AvgIpc) is 3.08. The normalized spacial score (nSPS) is 26.9. The van der Waals surface area contributed by atoms with Crippen LogP contribution in [0.2, 0.25) is 0 Å². The Kier molecular flexibility index (Phi) is 6.11. The molecule has 2 amide bonds. The maximum absolute atomic E-state index is 12.6. The van der Waals surface area contributed by atoms with E-state index in [0.29, 0.717) is 25.4 Å². The molecule has 1 saturated carbocycles. The van der Waals surface area contributed by atoms with Crippen molar-refractivity contribution in [2.75, 3.05) is 19.8 Å². The van der Waals surface area contributed by atoms with Gasteiger partial charge in [0.1, 0.15) is 13.2 Å². The largest absolute Gasteiger partial charge is 0.480 e. The molecule has 1 aromatic carbocycles. The van der Waals surface area contributed by atoms with Gasteiger partial charge in [0.2, 0.25) is 11.8 Å². The van der Waals surface area contributed by atoms with E-state index in [0.717, 1.165) is 12.0 Å². The van der Waals surface area contributed by atoms with Gasteiger partial charge in [0.15, 0.2) is 0 Å². The Labute approximate surface area is 158 Å². The summed E-state index contributed by atoms with van der Waals surface area (Å²) >= 11 is 0. The number of nitrogens with one attached hydrogen (secondary N) is 1. The van der Waals surface area contributed by atoms with Crippen molar-refractivity contribution in [3.63, 3.8) is 0 Å². The van der Waals surface area contributed by atoms with Gasteiger partial charge in [-0.1, -0.05) is 37.3 Å². The molecule has 3 rings (SSSR count). The van der Waals surface area contributed by atoms with Crippen molar-refractivity contribution < 1.29 is 24.2 Å². The number of fused-ring (bicyclic) bond motifs is 1. The van der Waals surface area contributed by atoms with Crippen LogP contribution in [0.1, 0.15) is 25.3 Å². The highest BCUT2D eigenvalue weighted by molar-refractivity contribution is 5.80. The maximum atomic E-state index is 12.6. The van der Waals surface area contributed by atoms with Crippen molar-refractivity contribution in [3.05, 3.63) is 35.9 Å². The van der Waals surface area contributed by atoms with Crippen LogP contribution in [0.15, 0.2) is 30.3 Å². The van der Waals surface area contributed by atoms with Gasteiger partial charge in [0.25, 0.3) is 0 Å². The fourth-order valence-corrected chi connectivity index (χ4v) is 4.44. The number of hydrogen-bond acceptors (Lipinski definition) is 4. The van der Waals surface area contributed by atoms with Crippen molar-refractivity contribution in [3.8, 4) is 0 Å². The van der Waals surface area contributed by atoms with Crippen molar-refractivity contribution in [2.24, 2.45) is 17.8 Å². The van der Waals surface area contributed by atoms with E-state index in [1.165, 1.54) is 0 Å². The van der Waals surface area contributed by atoms with Crippen LogP contribution in [0.5, 0.6) is 0 Å². The lowest BCUT2D eigenvalue weighted by Crippen LogP contribution is -2.36. The number of carboxylic acids is 1. The Balaban J connectivity index is 1.54. The summed E-state index contributed by atoms with van der Waals surface area (Å²) in [7, 11) is 0. The fourth-order valence-electron chi connectivity index (χ4n) is 4.44. The van der Waals surface area contributed by atoms with Crippen LogP contribution in [0.25, 0.3) is 0 Å². The number of hydrogen-bond donors (Lipinski definition) is 2. The number of carbonyl (C=O) groups excluding carboxylic acids is 2. The summed E-state index contributed by atoms with van der Waals surface area (Å²) in [6.45, 7) is 2.54. The van der Waals surface area contributed by atoms with Crippen LogP contribution in [-0.2, 0) is 25.7 Å². The molecule has 2 fully saturated rings. The zero-order valence-corrected chi connectivity index (χ0v) is 15.5. The van der Waals surface area contributed by atoms with E-state index in [4.69, 9.17) is 9.84 Å². The molecule has 1 saturated heterocycles. The minimum absolute atomic E-state index is 0.182. The van der Waals surface area contributed by atoms with Gasteiger partial charge in [0, 0.05) is 25.6 Å². The third kappa shape index (κ3) is 4.66. The fraction of sp³-hybridized carbons (Fsp3) is 0.550. The lowest BCUT2D eigenvalue weighted by molar-refractivity contribution is -0.143. The highest BCUT2D eigenvalue weighted by Gasteiger charge is 2.50. The van der Waals surface area contributed by atoms with Gasteiger partial charge in [-0.2, -0.15) is 0 Å². The summed E-state index contributed by atoms with van der Waals surface area (Å²) in [5.41, 5.74) is 1.13. The monoisotopic (exact) mass is 374 g/mol. The molecular formula is C20H26N2O5. The molecule has 27 heavy (non-hydrogen) atoms. The second kappa shape index (κ2) is 8.52. The van der Waals surface area contributed by atoms with E-state index in [9.17, 15) is 14.4 Å². The zero-order valence-electron chi connectivity index (χ0n) is 15.5. The van der Waals surface area contributed by atoms with E-state index in [-0.39, 0.29) is 36.3 Å². The molecule has 0 unspecified atom stereocenters. The first-order valence-electron chi connectivity index (χ1n) is 9.35. The Morgan fingerprint density at radius 2 is 2.00 bits per heavy atom. The zero-order chi connectivity index (χ0) is 19.4. The summed E-state index contributed by atoms with van der Waals surface area (Å²) in [5.74, 6) is -0.344. The van der Waals surface area contributed by atoms with E-state index in [1.54, 1.807) is 0 Å². The Morgan fingerprint density at radius 1 is 1.26 bits per heavy atom. The molecule has 0 aromatic heterocycles. The highest BCUT2D eigenvalue weighted by Crippen LogP contribution is 2.46. The molecule has 7 nitrogen and oxygen atoms in total. The van der Waals surface area contributed by atoms with Crippen LogP contribution in [-0.4, -0.2) is 53.6 Å². The van der Waals surface area contributed by atoms with Gasteiger partial charge < -0.3 is 20.1 Å². The molecule has 2 aliphatic rings. The first kappa shape index (κ1) is 19.4. The summed E-state index contributed by atoms with van der Waals surface area (Å²) < 4.78 is 4.81. The van der Waals surface area contributed by atoms with Gasteiger partial charge >= 0.3 is 5.97 Å². The van der Waals surface area contributed by atoms with Gasteiger partial charge in [0.05, 0.1) is 0 Å². The molecule has 2 N–H and O–H groups in total. The standard InChI is InChI=1S/C20H26N2O5/c1-13-7-17-15(16(13)9-21-18(23)11-27-12-20(25)26)8-19(24)22(17)10-14-5-3-2-4-6-14/h2-6,13,15-17H,7-12H2,1H3,(H,21,23)(H,25,26)/t13-,15-,16+,17+/m0/s1. The number of aliphatic carboxylic acids is 1. The first-order valence-corrected chi connectivity index (χ1v) is 9.35. The molecule has 7 heteroatoms. The van der Waals surface area contributed by atoms with Crippen molar-refractivity contribution in [2.45, 2.75) is 32.4 Å². The highest BCUT2D eigenvalue weighted by atomic mass is 16.5. The second-order valence-corrected chi connectivity index (χ2v) is 7.51. The van der Waals surface area contributed by atoms with Gasteiger partial charge in [-0.25, -0.2) is 4.79 Å². The Bertz CT molecular complexity index is 693. The Morgan fingerprint density at radius 3 is 2.70 bits per heavy atom. The number of likely N-dealkylation sites (tertiary alicyclic amines) is 1. The molecule has 4 atom stereocenters. The molecule has 0 radical (unpaired) electrons. The quantitative estimate of drug-likeness (QED) is 0.715. The topological polar surface area (TPSA) is 95.9 Å². The average molecular weight is 374 g/mol. The number of benzene rings is 1. The van der Waals surface area contributed by atoms with Crippen molar-refractivity contribution >= 4 is 17.8 Å². The summed E-state index contributed by atoms with van der Waals surface area (Å²) in [6.07, 6.45) is 1.47. The SMILES string of the molecule is C[C@H]1C[C@@H]2[C@@H](CC(=O)N2Cc2ccccc2)[C@@H]1CNC(=O)COCC(=O)O. The number of nitrogens with zero attached hydrogens (tertiary/aromatic N) is 1.